The van der Waals surface area contributed by atoms with E-state index in [1.165, 1.54) is 11.8 Å². The molecule has 7 heteroatoms. The number of rotatable bonds is 6. The second-order valence-corrected chi connectivity index (χ2v) is 8.27. The fourth-order valence-corrected chi connectivity index (χ4v) is 4.13. The largest absolute Gasteiger partial charge is 0.349 e. The first-order valence-corrected chi connectivity index (χ1v) is 10.6. The third-order valence-electron chi connectivity index (χ3n) is 4.78. The molecule has 156 valence electrons. The minimum Gasteiger partial charge on any atom is -0.349 e. The molecule has 2 aromatic rings. The summed E-state index contributed by atoms with van der Waals surface area (Å²) in [6, 6.07) is 15.8. The Kier molecular flexibility index (Phi) is 9.01. The van der Waals surface area contributed by atoms with Crippen LogP contribution in [0.3, 0.4) is 0 Å². The maximum Gasteiger partial charge on any atom is 0.252 e. The van der Waals surface area contributed by atoms with Gasteiger partial charge in [0.05, 0.1) is 11.3 Å². The van der Waals surface area contributed by atoms with Gasteiger partial charge >= 0.3 is 0 Å². The Bertz CT molecular complexity index is 829. The van der Waals surface area contributed by atoms with Crippen molar-refractivity contribution in [3.8, 4) is 0 Å². The molecule has 1 fully saturated rings. The van der Waals surface area contributed by atoms with E-state index in [-0.39, 0.29) is 36.0 Å². The molecule has 2 aromatic carbocycles. The average Bonchev–Trinajstić information content (AvgIpc) is 2.68. The molecule has 0 bridgehead atoms. The topological polar surface area (TPSA) is 70.2 Å². The fraction of sp³-hybridized carbons (Fsp3) is 0.364. The van der Waals surface area contributed by atoms with Crippen molar-refractivity contribution in [1.82, 2.24) is 10.6 Å². The lowest BCUT2D eigenvalue weighted by atomic mass is 10.0. The quantitative estimate of drug-likeness (QED) is 0.602. The van der Waals surface area contributed by atoms with Gasteiger partial charge in [0.2, 0.25) is 5.91 Å². The number of carbonyl (C=O) groups is 2. The number of amides is 2. The maximum absolute atomic E-state index is 12.8. The van der Waals surface area contributed by atoms with Gasteiger partial charge in [0.25, 0.3) is 5.91 Å². The number of aryl methyl sites for hydroxylation is 1. The van der Waals surface area contributed by atoms with E-state index in [0.29, 0.717) is 11.6 Å². The van der Waals surface area contributed by atoms with Gasteiger partial charge in [-0.15, -0.1) is 24.2 Å². The second-order valence-electron chi connectivity index (χ2n) is 7.25. The lowest BCUT2D eigenvalue weighted by Gasteiger charge is -2.28. The summed E-state index contributed by atoms with van der Waals surface area (Å²) >= 11 is 1.38. The van der Waals surface area contributed by atoms with E-state index in [9.17, 15) is 9.59 Å². The third-order valence-corrected chi connectivity index (χ3v) is 5.86. The number of piperidine rings is 1. The standard InChI is InChI=1S/C22H27N3O2S.ClH/c1-15-7-9-17(10-8-15)24-21(26)14-28-20-6-4-3-5-19(20)22(27)25-18-11-12-23-16(2)13-18;/h3-10,16,18,23H,11-14H2,1-2H3,(H,24,26)(H,25,27);1H. The number of hydrogen-bond donors (Lipinski definition) is 3. The van der Waals surface area contributed by atoms with Crippen molar-refractivity contribution in [2.45, 2.75) is 43.7 Å². The molecular formula is C22H28ClN3O2S. The van der Waals surface area contributed by atoms with Crippen LogP contribution in [-0.4, -0.2) is 36.2 Å². The third kappa shape index (κ3) is 7.07. The summed E-state index contributed by atoms with van der Waals surface area (Å²) in [6.45, 7) is 5.06. The molecule has 1 heterocycles. The van der Waals surface area contributed by atoms with Crippen LogP contribution in [0.1, 0.15) is 35.7 Å². The number of anilines is 1. The van der Waals surface area contributed by atoms with Crippen molar-refractivity contribution in [2.75, 3.05) is 17.6 Å². The lowest BCUT2D eigenvalue weighted by Crippen LogP contribution is -2.46. The zero-order valence-electron chi connectivity index (χ0n) is 16.7. The Hall–Kier alpha value is -2.02. The highest BCUT2D eigenvalue weighted by atomic mass is 35.5. The predicted octanol–water partition coefficient (Wildman–Crippen LogP) is 4.02. The SMILES string of the molecule is Cc1ccc(NC(=O)CSc2ccccc2C(=O)NC2CCNC(C)C2)cc1.Cl. The van der Waals surface area contributed by atoms with Crippen molar-refractivity contribution in [3.63, 3.8) is 0 Å². The lowest BCUT2D eigenvalue weighted by molar-refractivity contribution is -0.113. The Morgan fingerprint density at radius 3 is 2.59 bits per heavy atom. The Morgan fingerprint density at radius 1 is 1.14 bits per heavy atom. The Balaban J connectivity index is 0.00000300. The number of hydrogen-bond acceptors (Lipinski definition) is 4. The van der Waals surface area contributed by atoms with Crippen molar-refractivity contribution in [1.29, 1.82) is 0 Å². The van der Waals surface area contributed by atoms with Gasteiger partial charge in [0, 0.05) is 22.7 Å². The minimum absolute atomic E-state index is 0. The van der Waals surface area contributed by atoms with Crippen LogP contribution in [-0.2, 0) is 4.79 Å². The molecule has 2 amide bonds. The number of thioether (sulfide) groups is 1. The Labute approximate surface area is 182 Å². The molecule has 0 radical (unpaired) electrons. The molecule has 0 aliphatic carbocycles. The van der Waals surface area contributed by atoms with Gasteiger partial charge in [-0.25, -0.2) is 0 Å². The van der Waals surface area contributed by atoms with E-state index in [0.717, 1.165) is 35.5 Å². The molecule has 0 spiro atoms. The van der Waals surface area contributed by atoms with Crippen LogP contribution in [0, 0.1) is 6.92 Å². The Morgan fingerprint density at radius 2 is 1.86 bits per heavy atom. The highest BCUT2D eigenvalue weighted by Gasteiger charge is 2.21. The molecule has 0 saturated carbocycles. The zero-order chi connectivity index (χ0) is 19.9. The van der Waals surface area contributed by atoms with Crippen LogP contribution >= 0.6 is 24.2 Å². The highest BCUT2D eigenvalue weighted by molar-refractivity contribution is 8.00. The maximum atomic E-state index is 12.8. The van der Waals surface area contributed by atoms with E-state index in [2.05, 4.69) is 22.9 Å². The van der Waals surface area contributed by atoms with Crippen molar-refractivity contribution in [3.05, 3.63) is 59.7 Å². The summed E-state index contributed by atoms with van der Waals surface area (Å²) in [6.07, 6.45) is 1.87. The molecule has 2 atom stereocenters. The molecule has 1 saturated heterocycles. The smallest absolute Gasteiger partial charge is 0.252 e. The van der Waals surface area contributed by atoms with Gasteiger partial charge in [-0.1, -0.05) is 29.8 Å². The second kappa shape index (κ2) is 11.2. The number of nitrogens with one attached hydrogen (secondary N) is 3. The summed E-state index contributed by atoms with van der Waals surface area (Å²) in [7, 11) is 0. The molecule has 2 unspecified atom stereocenters. The van der Waals surface area contributed by atoms with E-state index in [4.69, 9.17) is 0 Å². The molecule has 3 N–H and O–H groups in total. The van der Waals surface area contributed by atoms with Gasteiger partial charge in [-0.2, -0.15) is 0 Å². The number of carbonyl (C=O) groups excluding carboxylic acids is 2. The monoisotopic (exact) mass is 433 g/mol. The van der Waals surface area contributed by atoms with Crippen LogP contribution < -0.4 is 16.0 Å². The van der Waals surface area contributed by atoms with Crippen LogP contribution in [0.2, 0.25) is 0 Å². The average molecular weight is 434 g/mol. The molecule has 1 aliphatic rings. The first kappa shape index (κ1) is 23.3. The van der Waals surface area contributed by atoms with E-state index >= 15 is 0 Å². The normalized spacial score (nSPS) is 18.4. The van der Waals surface area contributed by atoms with Crippen molar-refractivity contribution in [2.24, 2.45) is 0 Å². The fourth-order valence-electron chi connectivity index (χ4n) is 3.28. The van der Waals surface area contributed by atoms with Gasteiger partial charge in [-0.05, 0) is 57.5 Å². The summed E-state index contributed by atoms with van der Waals surface area (Å²) in [4.78, 5) is 25.8. The minimum atomic E-state index is -0.0868. The number of halogens is 1. The van der Waals surface area contributed by atoms with Crippen LogP contribution in [0.25, 0.3) is 0 Å². The van der Waals surface area contributed by atoms with Gasteiger partial charge < -0.3 is 16.0 Å². The molecule has 0 aromatic heterocycles. The number of benzene rings is 2. The van der Waals surface area contributed by atoms with Gasteiger partial charge in [0.15, 0.2) is 0 Å². The highest BCUT2D eigenvalue weighted by Crippen LogP contribution is 2.23. The first-order valence-electron chi connectivity index (χ1n) is 9.64. The summed E-state index contributed by atoms with van der Waals surface area (Å²) in [5, 5.41) is 9.43. The zero-order valence-corrected chi connectivity index (χ0v) is 18.4. The van der Waals surface area contributed by atoms with Crippen LogP contribution in [0.5, 0.6) is 0 Å². The molecule has 5 nitrogen and oxygen atoms in total. The van der Waals surface area contributed by atoms with Crippen LogP contribution in [0.15, 0.2) is 53.4 Å². The van der Waals surface area contributed by atoms with Crippen LogP contribution in [0.4, 0.5) is 5.69 Å². The van der Waals surface area contributed by atoms with E-state index in [1.807, 2.05) is 55.5 Å². The van der Waals surface area contributed by atoms with Gasteiger partial charge in [-0.3, -0.25) is 9.59 Å². The predicted molar refractivity (Wildman–Crippen MR) is 122 cm³/mol. The summed E-state index contributed by atoms with van der Waals surface area (Å²) < 4.78 is 0. The first-order chi connectivity index (χ1) is 13.5. The van der Waals surface area contributed by atoms with Gasteiger partial charge in [0.1, 0.15) is 0 Å². The van der Waals surface area contributed by atoms with Crippen molar-refractivity contribution < 1.29 is 9.59 Å². The summed E-state index contributed by atoms with van der Waals surface area (Å²) in [5.41, 5.74) is 2.56. The van der Waals surface area contributed by atoms with E-state index in [1.54, 1.807) is 0 Å². The van der Waals surface area contributed by atoms with E-state index < -0.39 is 0 Å². The molecule has 3 rings (SSSR count). The molecular weight excluding hydrogens is 406 g/mol. The molecule has 29 heavy (non-hydrogen) atoms. The summed E-state index contributed by atoms with van der Waals surface area (Å²) in [5.74, 6) is 0.0973. The van der Waals surface area contributed by atoms with Crippen molar-refractivity contribution >= 4 is 41.7 Å². The molecule has 1 aliphatic heterocycles.